The van der Waals surface area contributed by atoms with Gasteiger partial charge in [0.05, 0.1) is 5.52 Å². The second-order valence-electron chi connectivity index (χ2n) is 6.21. The molecule has 7 heteroatoms. The first kappa shape index (κ1) is 14.7. The second kappa shape index (κ2) is 5.67. The fourth-order valence-corrected chi connectivity index (χ4v) is 3.35. The number of likely N-dealkylation sites (tertiary alicyclic amines) is 1. The number of benzene rings is 1. The summed E-state index contributed by atoms with van der Waals surface area (Å²) in [7, 11) is 1.64. The Bertz CT molecular complexity index is 939. The molecule has 3 aromatic rings. The number of carbonyl (C=O) groups is 1. The summed E-state index contributed by atoms with van der Waals surface area (Å²) in [6.07, 6.45) is 3.74. The molecule has 0 spiro atoms. The molecule has 7 nitrogen and oxygen atoms in total. The zero-order valence-corrected chi connectivity index (χ0v) is 13.4. The summed E-state index contributed by atoms with van der Waals surface area (Å²) >= 11 is 0. The van der Waals surface area contributed by atoms with Gasteiger partial charge in [0.1, 0.15) is 0 Å². The number of nitrogens with zero attached hydrogens (tertiary/aromatic N) is 3. The van der Waals surface area contributed by atoms with E-state index < -0.39 is 5.76 Å². The van der Waals surface area contributed by atoms with Crippen LogP contribution in [0.15, 0.2) is 39.7 Å². The lowest BCUT2D eigenvalue weighted by molar-refractivity contribution is 0.0706. The molecule has 1 fully saturated rings. The van der Waals surface area contributed by atoms with Crippen LogP contribution in [0.1, 0.15) is 34.8 Å². The topological polar surface area (TPSA) is 84.1 Å². The molecule has 4 rings (SSSR count). The van der Waals surface area contributed by atoms with Crippen molar-refractivity contribution in [2.24, 2.45) is 7.05 Å². The summed E-state index contributed by atoms with van der Waals surface area (Å²) in [6.45, 7) is 1.41. The molecule has 1 N–H and O–H groups in total. The van der Waals surface area contributed by atoms with Gasteiger partial charge >= 0.3 is 5.76 Å². The zero-order valence-electron chi connectivity index (χ0n) is 13.4. The van der Waals surface area contributed by atoms with Gasteiger partial charge in [-0.25, -0.2) is 4.79 Å². The van der Waals surface area contributed by atoms with Gasteiger partial charge in [-0.15, -0.1) is 0 Å². The molecule has 1 amide bonds. The predicted molar refractivity (Wildman–Crippen MR) is 87.9 cm³/mol. The molecule has 0 saturated carbocycles. The first-order chi connectivity index (χ1) is 11.6. The first-order valence-electron chi connectivity index (χ1n) is 8.01. The van der Waals surface area contributed by atoms with Crippen molar-refractivity contribution < 1.29 is 9.21 Å². The lowest BCUT2D eigenvalue weighted by Gasteiger charge is -2.32. The molecule has 1 atom stereocenters. The molecule has 1 aliphatic heterocycles. The van der Waals surface area contributed by atoms with Crippen molar-refractivity contribution in [3.05, 3.63) is 52.3 Å². The summed E-state index contributed by atoms with van der Waals surface area (Å²) in [6, 6.07) is 7.09. The Hall–Kier alpha value is -2.83. The van der Waals surface area contributed by atoms with Gasteiger partial charge in [-0.2, -0.15) is 5.10 Å². The van der Waals surface area contributed by atoms with E-state index in [9.17, 15) is 9.59 Å². The van der Waals surface area contributed by atoms with Crippen LogP contribution in [0.3, 0.4) is 0 Å². The number of aromatic amines is 1. The molecular formula is C17H18N4O3. The van der Waals surface area contributed by atoms with E-state index in [0.717, 1.165) is 25.1 Å². The summed E-state index contributed by atoms with van der Waals surface area (Å²) in [5.41, 5.74) is 2.77. The van der Waals surface area contributed by atoms with Crippen LogP contribution in [0.4, 0.5) is 0 Å². The monoisotopic (exact) mass is 326 g/mol. The molecule has 1 aliphatic rings. The Morgan fingerprint density at radius 1 is 1.38 bits per heavy atom. The number of aryl methyl sites for hydroxylation is 1. The van der Waals surface area contributed by atoms with E-state index in [1.54, 1.807) is 31.4 Å². The van der Waals surface area contributed by atoms with E-state index in [1.165, 1.54) is 4.57 Å². The first-order valence-corrected chi connectivity index (χ1v) is 8.01. The largest absolute Gasteiger partial charge is 0.419 e. The molecular weight excluding hydrogens is 308 g/mol. The highest BCUT2D eigenvalue weighted by Gasteiger charge is 2.26. The van der Waals surface area contributed by atoms with E-state index in [4.69, 9.17) is 4.42 Å². The minimum absolute atomic E-state index is 0.0187. The van der Waals surface area contributed by atoms with Crippen LogP contribution in [0.25, 0.3) is 11.1 Å². The van der Waals surface area contributed by atoms with Crippen molar-refractivity contribution >= 4 is 17.0 Å². The third kappa shape index (κ3) is 2.42. The number of hydrogen-bond donors (Lipinski definition) is 1. The van der Waals surface area contributed by atoms with Crippen LogP contribution >= 0.6 is 0 Å². The summed E-state index contributed by atoms with van der Waals surface area (Å²) in [4.78, 5) is 26.3. The minimum atomic E-state index is -0.424. The fraction of sp³-hybridized carbons (Fsp3) is 0.353. The molecule has 124 valence electrons. The lowest BCUT2D eigenvalue weighted by atomic mass is 9.94. The van der Waals surface area contributed by atoms with Crippen LogP contribution in [-0.2, 0) is 7.05 Å². The van der Waals surface area contributed by atoms with Crippen molar-refractivity contribution in [2.75, 3.05) is 13.1 Å². The maximum atomic E-state index is 12.9. The van der Waals surface area contributed by atoms with Gasteiger partial charge in [0.15, 0.2) is 5.58 Å². The van der Waals surface area contributed by atoms with Gasteiger partial charge < -0.3 is 9.32 Å². The van der Waals surface area contributed by atoms with E-state index >= 15 is 0 Å². The number of hydrogen-bond acceptors (Lipinski definition) is 4. The minimum Gasteiger partial charge on any atom is -0.408 e. The SMILES string of the molecule is Cn1c(=O)oc2ccc(C(=O)N3CCCC(c4ccn[nH]4)C3)cc21. The number of piperidine rings is 1. The molecule has 1 aromatic carbocycles. The molecule has 0 bridgehead atoms. The van der Waals surface area contributed by atoms with Gasteiger partial charge in [0.25, 0.3) is 5.91 Å². The number of fused-ring (bicyclic) bond motifs is 1. The molecule has 2 aromatic heterocycles. The number of nitrogens with one attached hydrogen (secondary N) is 1. The molecule has 1 saturated heterocycles. The van der Waals surface area contributed by atoms with Gasteiger partial charge in [-0.05, 0) is 37.1 Å². The smallest absolute Gasteiger partial charge is 0.408 e. The average Bonchev–Trinajstić information content (AvgIpc) is 3.24. The van der Waals surface area contributed by atoms with Crippen molar-refractivity contribution in [3.63, 3.8) is 0 Å². The summed E-state index contributed by atoms with van der Waals surface area (Å²) in [5.74, 6) is -0.158. The number of amides is 1. The van der Waals surface area contributed by atoms with Gasteiger partial charge in [0, 0.05) is 43.5 Å². The van der Waals surface area contributed by atoms with Crippen LogP contribution in [0, 0.1) is 0 Å². The van der Waals surface area contributed by atoms with Crippen molar-refractivity contribution in [2.45, 2.75) is 18.8 Å². The molecule has 1 unspecified atom stereocenters. The number of carbonyl (C=O) groups excluding carboxylic acids is 1. The molecule has 24 heavy (non-hydrogen) atoms. The highest BCUT2D eigenvalue weighted by Crippen LogP contribution is 2.26. The van der Waals surface area contributed by atoms with E-state index in [0.29, 0.717) is 23.2 Å². The Kier molecular flexibility index (Phi) is 3.48. The van der Waals surface area contributed by atoms with Gasteiger partial charge in [-0.3, -0.25) is 14.5 Å². The Morgan fingerprint density at radius 2 is 2.25 bits per heavy atom. The molecule has 0 radical (unpaired) electrons. The number of rotatable bonds is 2. The summed E-state index contributed by atoms with van der Waals surface area (Å²) < 4.78 is 6.53. The summed E-state index contributed by atoms with van der Waals surface area (Å²) in [5, 5.41) is 7.00. The molecule has 0 aliphatic carbocycles. The molecule has 3 heterocycles. The normalized spacial score (nSPS) is 18.2. The van der Waals surface area contributed by atoms with E-state index in [-0.39, 0.29) is 11.8 Å². The Balaban J connectivity index is 1.61. The van der Waals surface area contributed by atoms with E-state index in [1.807, 2.05) is 11.0 Å². The maximum absolute atomic E-state index is 12.9. The average molecular weight is 326 g/mol. The van der Waals surface area contributed by atoms with E-state index in [2.05, 4.69) is 10.2 Å². The van der Waals surface area contributed by atoms with Crippen LogP contribution in [-0.4, -0.2) is 38.7 Å². The maximum Gasteiger partial charge on any atom is 0.419 e. The number of aromatic nitrogens is 3. The highest BCUT2D eigenvalue weighted by atomic mass is 16.4. The Morgan fingerprint density at radius 3 is 3.04 bits per heavy atom. The quantitative estimate of drug-likeness (QED) is 0.779. The fourth-order valence-electron chi connectivity index (χ4n) is 3.35. The van der Waals surface area contributed by atoms with Crippen molar-refractivity contribution in [1.82, 2.24) is 19.7 Å². The Labute approximate surface area is 137 Å². The number of oxazole rings is 1. The zero-order chi connectivity index (χ0) is 16.7. The van der Waals surface area contributed by atoms with Crippen LogP contribution in [0.5, 0.6) is 0 Å². The van der Waals surface area contributed by atoms with Gasteiger partial charge in [0.2, 0.25) is 0 Å². The van der Waals surface area contributed by atoms with Crippen LogP contribution < -0.4 is 5.76 Å². The predicted octanol–water partition coefficient (Wildman–Crippen LogP) is 1.87. The second-order valence-corrected chi connectivity index (χ2v) is 6.21. The highest BCUT2D eigenvalue weighted by molar-refractivity contribution is 5.97. The van der Waals surface area contributed by atoms with Crippen molar-refractivity contribution in [1.29, 1.82) is 0 Å². The third-order valence-corrected chi connectivity index (χ3v) is 4.71. The lowest BCUT2D eigenvalue weighted by Crippen LogP contribution is -2.39. The standard InChI is InChI=1S/C17H18N4O3/c1-20-14-9-11(4-5-15(14)24-17(20)23)16(22)21-8-2-3-12(10-21)13-6-7-18-19-13/h4-7,9,12H,2-3,8,10H2,1H3,(H,18,19). The van der Waals surface area contributed by atoms with Crippen molar-refractivity contribution in [3.8, 4) is 0 Å². The van der Waals surface area contributed by atoms with Crippen LogP contribution in [0.2, 0.25) is 0 Å². The van der Waals surface area contributed by atoms with Gasteiger partial charge in [-0.1, -0.05) is 0 Å². The number of H-pyrrole nitrogens is 1. The third-order valence-electron chi connectivity index (χ3n) is 4.71.